The summed E-state index contributed by atoms with van der Waals surface area (Å²) in [4.78, 5) is 16.1. The molecule has 0 aliphatic heterocycles. The third-order valence-electron chi connectivity index (χ3n) is 2.49. The molecule has 0 saturated heterocycles. The van der Waals surface area contributed by atoms with Crippen molar-refractivity contribution in [3.05, 3.63) is 41.8 Å². The Labute approximate surface area is 108 Å². The minimum atomic E-state index is 0.0868. The normalized spacial score (nSPS) is 10.7. The van der Waals surface area contributed by atoms with Gasteiger partial charge >= 0.3 is 0 Å². The first kappa shape index (κ1) is 10.9. The van der Waals surface area contributed by atoms with Crippen LogP contribution in [0.1, 0.15) is 0 Å². The summed E-state index contributed by atoms with van der Waals surface area (Å²) < 4.78 is 0. The van der Waals surface area contributed by atoms with Crippen molar-refractivity contribution in [2.24, 2.45) is 0 Å². The summed E-state index contributed by atoms with van der Waals surface area (Å²) in [7, 11) is 0. The minimum absolute atomic E-state index is 0.0868. The van der Waals surface area contributed by atoms with Gasteiger partial charge in [0.1, 0.15) is 0 Å². The Morgan fingerprint density at radius 2 is 1.94 bits per heavy atom. The highest BCUT2D eigenvalue weighted by Gasteiger charge is 2.06. The van der Waals surface area contributed by atoms with Gasteiger partial charge in [0.05, 0.1) is 5.52 Å². The molecule has 2 heterocycles. The van der Waals surface area contributed by atoms with Crippen LogP contribution in [0, 0.1) is 0 Å². The summed E-state index contributed by atoms with van der Waals surface area (Å²) in [5.74, 6) is 0.564. The summed E-state index contributed by atoms with van der Waals surface area (Å²) in [5.41, 5.74) is 7.29. The van der Waals surface area contributed by atoms with Crippen LogP contribution in [0.4, 0.5) is 5.95 Å². The number of anilines is 1. The molecular formula is C12H8ClN5. The van der Waals surface area contributed by atoms with Gasteiger partial charge in [-0.05, 0) is 35.9 Å². The lowest BCUT2D eigenvalue weighted by molar-refractivity contribution is 1.07. The zero-order valence-corrected chi connectivity index (χ0v) is 9.96. The highest BCUT2D eigenvalue weighted by molar-refractivity contribution is 6.28. The quantitative estimate of drug-likeness (QED) is 0.724. The maximum Gasteiger partial charge on any atom is 0.227 e. The van der Waals surface area contributed by atoms with Crippen molar-refractivity contribution < 1.29 is 0 Å². The number of aromatic nitrogens is 4. The summed E-state index contributed by atoms with van der Waals surface area (Å²) in [6.07, 6.45) is 1.75. The molecule has 0 aliphatic carbocycles. The van der Waals surface area contributed by atoms with Crippen LogP contribution in [-0.2, 0) is 0 Å². The number of nitrogens with zero attached hydrogens (tertiary/aromatic N) is 4. The number of hydrogen-bond acceptors (Lipinski definition) is 5. The van der Waals surface area contributed by atoms with Gasteiger partial charge in [0, 0.05) is 17.1 Å². The molecule has 0 saturated carbocycles. The Morgan fingerprint density at radius 1 is 1.06 bits per heavy atom. The first-order valence-corrected chi connectivity index (χ1v) is 5.62. The van der Waals surface area contributed by atoms with Gasteiger partial charge in [0.2, 0.25) is 11.2 Å². The number of hydrogen-bond donors (Lipinski definition) is 1. The standard InChI is InChI=1S/C12H8ClN5/c13-11-16-10(17-12(14)18-11)8-3-4-9-7(6-8)2-1-5-15-9/h1-6H,(H2,14,16,17,18). The van der Waals surface area contributed by atoms with Crippen LogP contribution in [0.2, 0.25) is 5.28 Å². The highest BCUT2D eigenvalue weighted by atomic mass is 35.5. The van der Waals surface area contributed by atoms with Crippen molar-refractivity contribution in [2.75, 3.05) is 5.73 Å². The summed E-state index contributed by atoms with van der Waals surface area (Å²) in [6, 6.07) is 9.56. The lowest BCUT2D eigenvalue weighted by atomic mass is 10.1. The molecule has 0 unspecified atom stereocenters. The molecule has 18 heavy (non-hydrogen) atoms. The second kappa shape index (κ2) is 4.19. The van der Waals surface area contributed by atoms with Crippen molar-refractivity contribution in [3.63, 3.8) is 0 Å². The van der Waals surface area contributed by atoms with E-state index < -0.39 is 0 Å². The smallest absolute Gasteiger partial charge is 0.227 e. The van der Waals surface area contributed by atoms with Gasteiger partial charge in [-0.25, -0.2) is 0 Å². The van der Waals surface area contributed by atoms with Crippen LogP contribution in [-0.4, -0.2) is 19.9 Å². The van der Waals surface area contributed by atoms with Gasteiger partial charge < -0.3 is 5.73 Å². The molecule has 2 N–H and O–H groups in total. The molecule has 0 radical (unpaired) electrons. The van der Waals surface area contributed by atoms with Gasteiger partial charge in [-0.3, -0.25) is 4.98 Å². The maximum absolute atomic E-state index is 5.76. The average molecular weight is 258 g/mol. The Morgan fingerprint density at radius 3 is 2.78 bits per heavy atom. The van der Waals surface area contributed by atoms with Crippen molar-refractivity contribution in [3.8, 4) is 11.4 Å². The fourth-order valence-electron chi connectivity index (χ4n) is 1.71. The predicted octanol–water partition coefficient (Wildman–Crippen LogP) is 2.32. The van der Waals surface area contributed by atoms with Crippen LogP contribution < -0.4 is 5.73 Å². The van der Waals surface area contributed by atoms with Crippen LogP contribution in [0.15, 0.2) is 36.5 Å². The summed E-state index contributed by atoms with van der Waals surface area (Å²) in [5, 5.41) is 1.09. The number of halogens is 1. The second-order valence-corrected chi connectivity index (χ2v) is 4.04. The largest absolute Gasteiger partial charge is 0.368 e. The van der Waals surface area contributed by atoms with E-state index in [2.05, 4.69) is 19.9 Å². The number of fused-ring (bicyclic) bond motifs is 1. The average Bonchev–Trinajstić information content (AvgIpc) is 2.37. The molecule has 0 amide bonds. The van der Waals surface area contributed by atoms with Gasteiger partial charge in [-0.2, -0.15) is 15.0 Å². The van der Waals surface area contributed by atoms with E-state index in [0.29, 0.717) is 5.82 Å². The Kier molecular flexibility index (Phi) is 2.53. The van der Waals surface area contributed by atoms with Crippen LogP contribution in [0.25, 0.3) is 22.3 Å². The molecule has 0 aliphatic rings. The summed E-state index contributed by atoms with van der Waals surface area (Å²) >= 11 is 5.76. The van der Waals surface area contributed by atoms with Crippen molar-refractivity contribution >= 4 is 28.5 Å². The van der Waals surface area contributed by atoms with Gasteiger partial charge in [0.15, 0.2) is 5.82 Å². The van der Waals surface area contributed by atoms with Crippen LogP contribution in [0.3, 0.4) is 0 Å². The molecule has 0 fully saturated rings. The van der Waals surface area contributed by atoms with E-state index in [1.807, 2.05) is 30.3 Å². The maximum atomic E-state index is 5.76. The molecule has 0 atom stereocenters. The zero-order valence-electron chi connectivity index (χ0n) is 9.21. The minimum Gasteiger partial charge on any atom is -0.368 e. The highest BCUT2D eigenvalue weighted by Crippen LogP contribution is 2.21. The molecule has 2 aromatic heterocycles. The molecule has 0 bridgehead atoms. The Bertz CT molecular complexity index is 708. The summed E-state index contributed by atoms with van der Waals surface area (Å²) in [6.45, 7) is 0. The monoisotopic (exact) mass is 257 g/mol. The topological polar surface area (TPSA) is 77.6 Å². The SMILES string of the molecule is Nc1nc(Cl)nc(-c2ccc3ncccc3c2)n1. The fourth-order valence-corrected chi connectivity index (χ4v) is 1.88. The molecule has 3 aromatic rings. The van der Waals surface area contributed by atoms with E-state index in [0.717, 1.165) is 16.5 Å². The molecule has 6 heteroatoms. The number of rotatable bonds is 1. The number of nitrogens with two attached hydrogens (primary N) is 1. The molecule has 3 rings (SSSR count). The first-order chi connectivity index (χ1) is 8.72. The lowest BCUT2D eigenvalue weighted by Gasteiger charge is -2.03. The van der Waals surface area contributed by atoms with Crippen molar-refractivity contribution in [1.82, 2.24) is 19.9 Å². The van der Waals surface area contributed by atoms with Crippen molar-refractivity contribution in [2.45, 2.75) is 0 Å². The second-order valence-electron chi connectivity index (χ2n) is 3.70. The van der Waals surface area contributed by atoms with Gasteiger partial charge in [-0.1, -0.05) is 6.07 Å². The van der Waals surface area contributed by atoms with Crippen LogP contribution >= 0.6 is 11.6 Å². The molecule has 1 aromatic carbocycles. The zero-order chi connectivity index (χ0) is 12.5. The van der Waals surface area contributed by atoms with Crippen molar-refractivity contribution in [1.29, 1.82) is 0 Å². The van der Waals surface area contributed by atoms with Gasteiger partial charge in [-0.15, -0.1) is 0 Å². The lowest BCUT2D eigenvalue weighted by Crippen LogP contribution is -1.99. The van der Waals surface area contributed by atoms with Gasteiger partial charge in [0.25, 0.3) is 0 Å². The van der Waals surface area contributed by atoms with E-state index >= 15 is 0 Å². The number of pyridine rings is 1. The van der Waals surface area contributed by atoms with E-state index in [1.165, 1.54) is 0 Å². The molecule has 0 spiro atoms. The predicted molar refractivity (Wildman–Crippen MR) is 70.0 cm³/mol. The Balaban J connectivity index is 2.19. The van der Waals surface area contributed by atoms with E-state index in [1.54, 1.807) is 6.20 Å². The van der Waals surface area contributed by atoms with E-state index in [-0.39, 0.29) is 11.2 Å². The molecular weight excluding hydrogens is 250 g/mol. The number of nitrogen functional groups attached to an aromatic ring is 1. The molecule has 5 nitrogen and oxygen atoms in total. The fraction of sp³-hybridized carbons (Fsp3) is 0. The third-order valence-corrected chi connectivity index (χ3v) is 2.66. The first-order valence-electron chi connectivity index (χ1n) is 5.24. The number of benzene rings is 1. The van der Waals surface area contributed by atoms with E-state index in [4.69, 9.17) is 17.3 Å². The Hall–Kier alpha value is -2.27. The third kappa shape index (κ3) is 1.96. The van der Waals surface area contributed by atoms with Crippen LogP contribution in [0.5, 0.6) is 0 Å². The van der Waals surface area contributed by atoms with E-state index in [9.17, 15) is 0 Å². The molecule has 88 valence electrons.